The number of rotatable bonds is 6. The molecule has 5 heteroatoms. The maximum Gasteiger partial charge on any atom is 0.234 e. The Kier molecular flexibility index (Phi) is 5.61. The summed E-state index contributed by atoms with van der Waals surface area (Å²) in [7, 11) is 0. The van der Waals surface area contributed by atoms with Gasteiger partial charge in [-0.25, -0.2) is 0 Å². The van der Waals surface area contributed by atoms with Gasteiger partial charge in [0, 0.05) is 12.6 Å². The van der Waals surface area contributed by atoms with Crippen LogP contribution in [-0.4, -0.2) is 43.0 Å². The molecule has 0 aliphatic carbocycles. The number of furan rings is 1. The molecule has 1 saturated heterocycles. The Hall–Kier alpha value is -1.33. The van der Waals surface area contributed by atoms with E-state index in [2.05, 4.69) is 22.5 Å². The Balaban J connectivity index is 1.82. The maximum absolute atomic E-state index is 12.1. The Morgan fingerprint density at radius 2 is 2.50 bits per heavy atom. The van der Waals surface area contributed by atoms with E-state index in [4.69, 9.17) is 4.42 Å². The van der Waals surface area contributed by atoms with Gasteiger partial charge >= 0.3 is 0 Å². The van der Waals surface area contributed by atoms with Crippen molar-refractivity contribution in [2.75, 3.05) is 26.2 Å². The van der Waals surface area contributed by atoms with Crippen molar-refractivity contribution in [2.24, 2.45) is 0 Å². The molecule has 20 heavy (non-hydrogen) atoms. The molecule has 1 aliphatic heterocycles. The molecule has 2 heterocycles. The predicted octanol–water partition coefficient (Wildman–Crippen LogP) is 1.53. The highest BCUT2D eigenvalue weighted by atomic mass is 16.3. The second-order valence-electron chi connectivity index (χ2n) is 5.37. The number of hydrogen-bond acceptors (Lipinski definition) is 4. The van der Waals surface area contributed by atoms with Gasteiger partial charge in [0.15, 0.2) is 0 Å². The molecule has 0 bridgehead atoms. The molecular formula is C15H25N3O2. The first-order chi connectivity index (χ1) is 9.70. The topological polar surface area (TPSA) is 57.5 Å². The third-order valence-electron chi connectivity index (χ3n) is 3.89. The van der Waals surface area contributed by atoms with Crippen LogP contribution in [0.1, 0.15) is 38.5 Å². The second-order valence-corrected chi connectivity index (χ2v) is 5.37. The zero-order chi connectivity index (χ0) is 14.4. The molecule has 2 unspecified atom stereocenters. The highest BCUT2D eigenvalue weighted by Gasteiger charge is 2.22. The molecule has 1 aromatic heterocycles. The van der Waals surface area contributed by atoms with E-state index in [9.17, 15) is 4.79 Å². The van der Waals surface area contributed by atoms with E-state index < -0.39 is 0 Å². The minimum Gasteiger partial charge on any atom is -0.467 e. The first-order valence-electron chi connectivity index (χ1n) is 7.48. The van der Waals surface area contributed by atoms with Crippen molar-refractivity contribution < 1.29 is 9.21 Å². The molecule has 0 saturated carbocycles. The van der Waals surface area contributed by atoms with Crippen LogP contribution in [0.25, 0.3) is 0 Å². The summed E-state index contributed by atoms with van der Waals surface area (Å²) in [5, 5.41) is 6.39. The molecule has 1 fully saturated rings. The smallest absolute Gasteiger partial charge is 0.234 e. The van der Waals surface area contributed by atoms with Crippen molar-refractivity contribution in [1.29, 1.82) is 0 Å². The van der Waals surface area contributed by atoms with Gasteiger partial charge in [0.05, 0.1) is 18.8 Å². The molecule has 112 valence electrons. The largest absolute Gasteiger partial charge is 0.467 e. The summed E-state index contributed by atoms with van der Waals surface area (Å²) >= 11 is 0. The lowest BCUT2D eigenvalue weighted by Crippen LogP contribution is -2.49. The van der Waals surface area contributed by atoms with Gasteiger partial charge in [0.1, 0.15) is 5.76 Å². The number of piperidine rings is 1. The van der Waals surface area contributed by atoms with Crippen LogP contribution in [0.15, 0.2) is 22.8 Å². The fraction of sp³-hybridized carbons (Fsp3) is 0.667. The summed E-state index contributed by atoms with van der Waals surface area (Å²) in [4.78, 5) is 14.4. The van der Waals surface area contributed by atoms with Crippen LogP contribution in [0, 0.1) is 0 Å². The number of carbonyl (C=O) groups is 1. The van der Waals surface area contributed by atoms with Crippen LogP contribution in [0.2, 0.25) is 0 Å². The molecule has 2 N–H and O–H groups in total. The first-order valence-corrected chi connectivity index (χ1v) is 7.48. The molecule has 1 amide bonds. The summed E-state index contributed by atoms with van der Waals surface area (Å²) in [5.41, 5.74) is 0. The number of hydrogen-bond donors (Lipinski definition) is 2. The van der Waals surface area contributed by atoms with Crippen LogP contribution in [0.3, 0.4) is 0 Å². The van der Waals surface area contributed by atoms with Crippen molar-refractivity contribution in [3.05, 3.63) is 24.2 Å². The summed E-state index contributed by atoms with van der Waals surface area (Å²) in [6, 6.07) is 4.11. The second kappa shape index (κ2) is 7.45. The third kappa shape index (κ3) is 4.08. The normalized spacial score (nSPS) is 20.9. The summed E-state index contributed by atoms with van der Waals surface area (Å²) in [5.74, 6) is 0.849. The number of likely N-dealkylation sites (N-methyl/N-ethyl adjacent to an activating group) is 1. The van der Waals surface area contributed by atoms with Crippen molar-refractivity contribution in [3.8, 4) is 0 Å². The summed E-state index contributed by atoms with van der Waals surface area (Å²) < 4.78 is 5.31. The molecule has 0 radical (unpaired) electrons. The Morgan fingerprint density at radius 1 is 1.65 bits per heavy atom. The zero-order valence-electron chi connectivity index (χ0n) is 12.4. The molecule has 2 rings (SSSR count). The monoisotopic (exact) mass is 279 g/mol. The van der Waals surface area contributed by atoms with Gasteiger partial charge in [-0.2, -0.15) is 0 Å². The van der Waals surface area contributed by atoms with E-state index in [1.807, 2.05) is 19.1 Å². The number of carbonyl (C=O) groups excluding carboxylic acids is 1. The third-order valence-corrected chi connectivity index (χ3v) is 3.89. The van der Waals surface area contributed by atoms with Crippen LogP contribution in [0.4, 0.5) is 0 Å². The van der Waals surface area contributed by atoms with Gasteiger partial charge in [0.2, 0.25) is 5.91 Å². The molecule has 0 aromatic carbocycles. The highest BCUT2D eigenvalue weighted by Crippen LogP contribution is 2.13. The first kappa shape index (κ1) is 15.1. The number of nitrogens with one attached hydrogen (secondary N) is 2. The molecule has 5 nitrogen and oxygen atoms in total. The number of amides is 1. The SMILES string of the molecule is CCN(CC(=O)NC(C)c1ccco1)C1CCCNC1. The van der Waals surface area contributed by atoms with E-state index in [1.165, 1.54) is 12.8 Å². The van der Waals surface area contributed by atoms with Gasteiger partial charge in [0.25, 0.3) is 0 Å². The van der Waals surface area contributed by atoms with Gasteiger partial charge in [-0.15, -0.1) is 0 Å². The fourth-order valence-electron chi connectivity index (χ4n) is 2.72. The van der Waals surface area contributed by atoms with Gasteiger partial charge in [-0.1, -0.05) is 6.92 Å². The van der Waals surface area contributed by atoms with Crippen LogP contribution in [-0.2, 0) is 4.79 Å². The van der Waals surface area contributed by atoms with Gasteiger partial charge < -0.3 is 15.1 Å². The molecule has 2 atom stereocenters. The minimum atomic E-state index is -0.0827. The maximum atomic E-state index is 12.1. The van der Waals surface area contributed by atoms with E-state index >= 15 is 0 Å². The van der Waals surface area contributed by atoms with E-state index in [0.29, 0.717) is 12.6 Å². The van der Waals surface area contributed by atoms with Gasteiger partial charge in [-0.05, 0) is 45.0 Å². The van der Waals surface area contributed by atoms with E-state index in [-0.39, 0.29) is 11.9 Å². The fourth-order valence-corrected chi connectivity index (χ4v) is 2.72. The lowest BCUT2D eigenvalue weighted by atomic mass is 10.1. The standard InChI is InChI=1S/C15H25N3O2/c1-3-18(13-6-4-8-16-10-13)11-15(19)17-12(2)14-7-5-9-20-14/h5,7,9,12-13,16H,3-4,6,8,10-11H2,1-2H3,(H,17,19). The Bertz CT molecular complexity index is 399. The summed E-state index contributed by atoms with van der Waals surface area (Å²) in [6.07, 6.45) is 3.98. The van der Waals surface area contributed by atoms with Crippen LogP contribution >= 0.6 is 0 Å². The molecular weight excluding hydrogens is 254 g/mol. The van der Waals surface area contributed by atoms with Crippen molar-refractivity contribution in [2.45, 2.75) is 38.8 Å². The van der Waals surface area contributed by atoms with Crippen molar-refractivity contribution in [3.63, 3.8) is 0 Å². The minimum absolute atomic E-state index is 0.0568. The van der Waals surface area contributed by atoms with Crippen molar-refractivity contribution >= 4 is 5.91 Å². The average Bonchev–Trinajstić information content (AvgIpc) is 3.00. The van der Waals surface area contributed by atoms with E-state index in [0.717, 1.165) is 25.4 Å². The lowest BCUT2D eigenvalue weighted by molar-refractivity contribution is -0.123. The quantitative estimate of drug-likeness (QED) is 0.829. The predicted molar refractivity (Wildman–Crippen MR) is 78.4 cm³/mol. The highest BCUT2D eigenvalue weighted by molar-refractivity contribution is 5.78. The Labute approximate surface area is 120 Å². The number of nitrogens with zero attached hydrogens (tertiary/aromatic N) is 1. The summed E-state index contributed by atoms with van der Waals surface area (Å²) in [6.45, 7) is 7.47. The average molecular weight is 279 g/mol. The zero-order valence-corrected chi connectivity index (χ0v) is 12.4. The van der Waals surface area contributed by atoms with Crippen LogP contribution < -0.4 is 10.6 Å². The van der Waals surface area contributed by atoms with Crippen molar-refractivity contribution in [1.82, 2.24) is 15.5 Å². The van der Waals surface area contributed by atoms with Gasteiger partial charge in [-0.3, -0.25) is 9.69 Å². The molecule has 0 spiro atoms. The molecule has 1 aliphatic rings. The Morgan fingerprint density at radius 3 is 3.10 bits per heavy atom. The lowest BCUT2D eigenvalue weighted by Gasteiger charge is -2.33. The van der Waals surface area contributed by atoms with Crippen LogP contribution in [0.5, 0.6) is 0 Å². The molecule has 1 aromatic rings. The van der Waals surface area contributed by atoms with E-state index in [1.54, 1.807) is 6.26 Å².